The molecule has 2 N–H and O–H groups in total. The number of aliphatic hydroxyl groups is 2. The second-order valence-corrected chi connectivity index (χ2v) is 10.2. The zero-order chi connectivity index (χ0) is 19.3. The van der Waals surface area contributed by atoms with Gasteiger partial charge in [0, 0.05) is 6.42 Å². The largest absolute Gasteiger partial charge is 0.385 e. The molecule has 0 unspecified atom stereocenters. The summed E-state index contributed by atoms with van der Waals surface area (Å²) in [6.45, 7) is 17.0. The van der Waals surface area contributed by atoms with E-state index in [0.717, 1.165) is 11.1 Å². The molecular weight excluding hydrogens is 308 g/mol. The molecule has 0 fully saturated rings. The molecule has 0 amide bonds. The summed E-state index contributed by atoms with van der Waals surface area (Å²) in [6, 6.07) is 0. The summed E-state index contributed by atoms with van der Waals surface area (Å²) < 4.78 is 0. The Bertz CT molecular complexity index is 603. The Hall–Kier alpha value is -1.12. The zero-order valence-corrected chi connectivity index (χ0v) is 17.3. The van der Waals surface area contributed by atoms with E-state index in [2.05, 4.69) is 79.7 Å². The Morgan fingerprint density at radius 3 is 1.36 bits per heavy atom. The van der Waals surface area contributed by atoms with Crippen molar-refractivity contribution in [1.29, 1.82) is 0 Å². The molecule has 0 aromatic heterocycles. The van der Waals surface area contributed by atoms with Gasteiger partial charge in [-0.05, 0) is 48.7 Å². The van der Waals surface area contributed by atoms with Crippen LogP contribution in [0.4, 0.5) is 0 Å². The highest BCUT2D eigenvalue weighted by Gasteiger charge is 2.48. The molecule has 2 heteroatoms. The lowest BCUT2D eigenvalue weighted by Crippen LogP contribution is -2.49. The number of hydrogen-bond acceptors (Lipinski definition) is 2. The lowest BCUT2D eigenvalue weighted by atomic mass is 9.62. The van der Waals surface area contributed by atoms with Crippen molar-refractivity contribution < 1.29 is 10.2 Å². The highest BCUT2D eigenvalue weighted by atomic mass is 16.3. The topological polar surface area (TPSA) is 40.5 Å². The molecule has 2 aliphatic rings. The van der Waals surface area contributed by atoms with Crippen molar-refractivity contribution in [2.75, 3.05) is 0 Å². The van der Waals surface area contributed by atoms with E-state index in [1.807, 2.05) is 0 Å². The van der Waals surface area contributed by atoms with Gasteiger partial charge in [0.25, 0.3) is 0 Å². The molecule has 25 heavy (non-hydrogen) atoms. The maximum Gasteiger partial charge on any atom is 0.0930 e. The van der Waals surface area contributed by atoms with Crippen LogP contribution in [0.2, 0.25) is 0 Å². The number of hydrogen-bond donors (Lipinski definition) is 2. The van der Waals surface area contributed by atoms with E-state index in [1.165, 1.54) is 11.1 Å². The molecule has 2 nitrogen and oxygen atoms in total. The molecule has 0 heterocycles. The minimum absolute atomic E-state index is 0.146. The Kier molecular flexibility index (Phi) is 5.04. The normalized spacial score (nSPS) is 31.1. The summed E-state index contributed by atoms with van der Waals surface area (Å²) in [4.78, 5) is 0. The molecule has 2 rings (SSSR count). The predicted octanol–water partition coefficient (Wildman–Crippen LogP) is 5.48. The molecule has 0 radical (unpaired) electrons. The van der Waals surface area contributed by atoms with Crippen molar-refractivity contribution in [3.05, 3.63) is 46.6 Å². The van der Waals surface area contributed by atoms with Crippen LogP contribution in [-0.2, 0) is 0 Å². The van der Waals surface area contributed by atoms with Gasteiger partial charge in [0.15, 0.2) is 0 Å². The van der Waals surface area contributed by atoms with Gasteiger partial charge in [-0.25, -0.2) is 0 Å². The first-order valence-corrected chi connectivity index (χ1v) is 9.41. The lowest BCUT2D eigenvalue weighted by Gasteiger charge is -2.47. The van der Waals surface area contributed by atoms with Crippen LogP contribution in [0.25, 0.3) is 0 Å². The van der Waals surface area contributed by atoms with Gasteiger partial charge in [0.1, 0.15) is 0 Å². The molecule has 0 aromatic carbocycles. The molecule has 0 saturated carbocycles. The summed E-state index contributed by atoms with van der Waals surface area (Å²) in [6.07, 6.45) is 9.84. The third-order valence-electron chi connectivity index (χ3n) is 5.47. The number of rotatable bonds is 2. The third kappa shape index (κ3) is 4.17. The second-order valence-electron chi connectivity index (χ2n) is 10.2. The minimum Gasteiger partial charge on any atom is -0.385 e. The molecule has 0 bridgehead atoms. The quantitative estimate of drug-likeness (QED) is 0.696. The van der Waals surface area contributed by atoms with Gasteiger partial charge in [-0.2, -0.15) is 0 Å². The van der Waals surface area contributed by atoms with E-state index in [4.69, 9.17) is 0 Å². The van der Waals surface area contributed by atoms with Crippen molar-refractivity contribution in [1.82, 2.24) is 0 Å². The van der Waals surface area contributed by atoms with Gasteiger partial charge in [0.2, 0.25) is 0 Å². The van der Waals surface area contributed by atoms with Crippen LogP contribution >= 0.6 is 0 Å². The van der Waals surface area contributed by atoms with Gasteiger partial charge >= 0.3 is 0 Å². The Morgan fingerprint density at radius 2 is 1.08 bits per heavy atom. The average Bonchev–Trinajstić information content (AvgIpc) is 2.42. The van der Waals surface area contributed by atoms with Gasteiger partial charge in [0.05, 0.1) is 11.2 Å². The van der Waals surface area contributed by atoms with Crippen molar-refractivity contribution >= 4 is 0 Å². The molecule has 2 aliphatic carbocycles. The molecule has 140 valence electrons. The Morgan fingerprint density at radius 1 is 0.760 bits per heavy atom. The summed E-state index contributed by atoms with van der Waals surface area (Å²) in [5.74, 6) is 0. The Balaban J connectivity index is 2.46. The van der Waals surface area contributed by atoms with E-state index in [0.29, 0.717) is 19.3 Å². The van der Waals surface area contributed by atoms with Crippen LogP contribution in [0, 0.1) is 10.8 Å². The highest BCUT2D eigenvalue weighted by molar-refractivity contribution is 5.42. The third-order valence-corrected chi connectivity index (χ3v) is 5.47. The first-order valence-electron chi connectivity index (χ1n) is 9.41. The molecule has 0 aromatic rings. The van der Waals surface area contributed by atoms with Crippen LogP contribution in [0.15, 0.2) is 46.6 Å². The first kappa shape index (κ1) is 20.2. The van der Waals surface area contributed by atoms with Gasteiger partial charge in [-0.3, -0.25) is 0 Å². The molecule has 2 atom stereocenters. The highest BCUT2D eigenvalue weighted by Crippen LogP contribution is 2.49. The fraction of sp³-hybridized carbons (Fsp3) is 0.652. The number of allylic oxidation sites excluding steroid dienone is 4. The minimum atomic E-state index is -1.02. The molecule has 0 aliphatic heterocycles. The summed E-state index contributed by atoms with van der Waals surface area (Å²) in [7, 11) is 0. The lowest BCUT2D eigenvalue weighted by molar-refractivity contribution is -0.0394. The van der Waals surface area contributed by atoms with Crippen LogP contribution in [-0.4, -0.2) is 21.4 Å². The maximum absolute atomic E-state index is 11.6. The van der Waals surface area contributed by atoms with E-state index in [1.54, 1.807) is 0 Å². The van der Waals surface area contributed by atoms with E-state index >= 15 is 0 Å². The average molecular weight is 345 g/mol. The second kappa shape index (κ2) is 6.25. The molecule has 0 saturated heterocycles. The van der Waals surface area contributed by atoms with E-state index < -0.39 is 11.2 Å². The van der Waals surface area contributed by atoms with E-state index in [-0.39, 0.29) is 10.8 Å². The fourth-order valence-corrected chi connectivity index (χ4v) is 4.37. The predicted molar refractivity (Wildman–Crippen MR) is 106 cm³/mol. The zero-order valence-electron chi connectivity index (χ0n) is 17.3. The summed E-state index contributed by atoms with van der Waals surface area (Å²) >= 11 is 0. The van der Waals surface area contributed by atoms with Gasteiger partial charge in [-0.15, -0.1) is 0 Å². The van der Waals surface area contributed by atoms with Crippen LogP contribution in [0.3, 0.4) is 0 Å². The van der Waals surface area contributed by atoms with Crippen molar-refractivity contribution in [2.45, 2.75) is 85.9 Å². The SMILES string of the molecule is CC1=CC[C@](O)(C[C@@]2(O)CC=C(C)C=C2C(C)(C)C)C(C(C)(C)C)=C1. The van der Waals surface area contributed by atoms with Crippen molar-refractivity contribution in [3.8, 4) is 0 Å². The first-order chi connectivity index (χ1) is 11.2. The fourth-order valence-electron chi connectivity index (χ4n) is 4.37. The molecular formula is C23H36O2. The van der Waals surface area contributed by atoms with Crippen LogP contribution in [0.1, 0.15) is 74.7 Å². The standard InChI is InChI=1S/C23H36O2/c1-16-9-11-22(24,18(13-16)20(3,4)5)15-23(25)12-10-17(2)14-19(23)21(6,7)8/h9-10,13-14,24-25H,11-12,15H2,1-8H3/t22-,23-/m0/s1. The van der Waals surface area contributed by atoms with Gasteiger partial charge in [-0.1, -0.05) is 77.0 Å². The van der Waals surface area contributed by atoms with E-state index in [9.17, 15) is 10.2 Å². The Labute approximate surface area is 154 Å². The van der Waals surface area contributed by atoms with Crippen LogP contribution < -0.4 is 0 Å². The smallest absolute Gasteiger partial charge is 0.0930 e. The summed E-state index contributed by atoms with van der Waals surface area (Å²) in [5, 5.41) is 23.3. The van der Waals surface area contributed by atoms with Crippen molar-refractivity contribution in [2.24, 2.45) is 10.8 Å². The summed E-state index contributed by atoms with van der Waals surface area (Å²) in [5.41, 5.74) is 2.09. The monoisotopic (exact) mass is 344 g/mol. The maximum atomic E-state index is 11.6. The van der Waals surface area contributed by atoms with Gasteiger partial charge < -0.3 is 10.2 Å². The molecule has 0 spiro atoms. The van der Waals surface area contributed by atoms with Crippen molar-refractivity contribution in [3.63, 3.8) is 0 Å². The van der Waals surface area contributed by atoms with Crippen LogP contribution in [0.5, 0.6) is 0 Å².